The Bertz CT molecular complexity index is 1040. The van der Waals surface area contributed by atoms with Gasteiger partial charge in [0, 0.05) is 17.5 Å². The highest BCUT2D eigenvalue weighted by molar-refractivity contribution is 7.98. The van der Waals surface area contributed by atoms with Crippen LogP contribution < -0.4 is 14.9 Å². The Hall–Kier alpha value is -3.13. The van der Waals surface area contributed by atoms with E-state index >= 15 is 0 Å². The number of hydrogen-bond donors (Lipinski definition) is 0. The van der Waals surface area contributed by atoms with E-state index < -0.39 is 11.4 Å². The molecule has 8 heteroatoms. The van der Waals surface area contributed by atoms with Crippen LogP contribution in [0.3, 0.4) is 0 Å². The Morgan fingerprint density at radius 1 is 1.07 bits per heavy atom. The smallest absolute Gasteiger partial charge is 0.349 e. The lowest BCUT2D eigenvalue weighted by atomic mass is 10.2. The molecule has 0 amide bonds. The van der Waals surface area contributed by atoms with E-state index in [0.29, 0.717) is 22.4 Å². The molecule has 0 saturated heterocycles. The molecule has 0 aliphatic heterocycles. The first-order valence-electron chi connectivity index (χ1n) is 8.86. The molecular formula is C21H20N2O5S. The van der Waals surface area contributed by atoms with Crippen molar-refractivity contribution in [2.24, 2.45) is 0 Å². The molecule has 0 unspecified atom stereocenters. The molecule has 1 aromatic carbocycles. The minimum absolute atomic E-state index is 0.182. The summed E-state index contributed by atoms with van der Waals surface area (Å²) in [5.74, 6) is 0.477. The average molecular weight is 412 g/mol. The number of rotatable bonds is 7. The summed E-state index contributed by atoms with van der Waals surface area (Å²) < 4.78 is 15.8. The maximum absolute atomic E-state index is 12.2. The highest BCUT2D eigenvalue weighted by Gasteiger charge is 2.12. The monoisotopic (exact) mass is 412 g/mol. The minimum atomic E-state index is -0.691. The molecule has 0 fully saturated rings. The topological polar surface area (TPSA) is 91.5 Å². The molecule has 0 spiro atoms. The van der Waals surface area contributed by atoms with Gasteiger partial charge in [-0.15, -0.1) is 0 Å². The zero-order chi connectivity index (χ0) is 20.8. The van der Waals surface area contributed by atoms with Crippen molar-refractivity contribution in [3.05, 3.63) is 75.6 Å². The molecule has 0 radical (unpaired) electrons. The lowest BCUT2D eigenvalue weighted by molar-refractivity contribution is -0.136. The van der Waals surface area contributed by atoms with E-state index in [-0.39, 0.29) is 12.4 Å². The summed E-state index contributed by atoms with van der Waals surface area (Å²) in [6.07, 6.45) is 1.13. The molecule has 0 bridgehead atoms. The van der Waals surface area contributed by atoms with Gasteiger partial charge in [0.15, 0.2) is 11.8 Å². The number of benzene rings is 1. The molecule has 0 aliphatic rings. The van der Waals surface area contributed by atoms with Gasteiger partial charge in [-0.05, 0) is 39.0 Å². The Morgan fingerprint density at radius 2 is 1.76 bits per heavy atom. The average Bonchev–Trinajstić information content (AvgIpc) is 2.67. The van der Waals surface area contributed by atoms with Gasteiger partial charge < -0.3 is 13.9 Å². The Kier molecular flexibility index (Phi) is 6.66. The van der Waals surface area contributed by atoms with Crippen LogP contribution in [0.1, 0.15) is 22.7 Å². The second-order valence-electron chi connectivity index (χ2n) is 6.37. The highest BCUT2D eigenvalue weighted by atomic mass is 32.2. The number of aryl methyl sites for hydroxylation is 3. The van der Waals surface area contributed by atoms with Gasteiger partial charge in [-0.25, -0.2) is 14.8 Å². The van der Waals surface area contributed by atoms with E-state index in [1.165, 1.54) is 17.8 Å². The molecule has 0 saturated carbocycles. The van der Waals surface area contributed by atoms with Crippen molar-refractivity contribution in [2.45, 2.75) is 31.7 Å². The van der Waals surface area contributed by atoms with E-state index in [1.807, 2.05) is 39.0 Å². The van der Waals surface area contributed by atoms with Crippen LogP contribution in [-0.4, -0.2) is 22.5 Å². The van der Waals surface area contributed by atoms with Crippen molar-refractivity contribution in [3.63, 3.8) is 0 Å². The molecule has 7 nitrogen and oxygen atoms in total. The van der Waals surface area contributed by atoms with Crippen molar-refractivity contribution < 1.29 is 18.7 Å². The number of nitrogens with zero attached hydrogens (tertiary/aromatic N) is 2. The quantitative estimate of drug-likeness (QED) is 0.330. The number of hydrogen-bond acceptors (Lipinski definition) is 8. The maximum Gasteiger partial charge on any atom is 0.349 e. The normalized spacial score (nSPS) is 10.6. The van der Waals surface area contributed by atoms with Crippen molar-refractivity contribution in [1.29, 1.82) is 0 Å². The van der Waals surface area contributed by atoms with E-state index in [9.17, 15) is 9.59 Å². The number of thioether (sulfide) groups is 1. The fourth-order valence-corrected chi connectivity index (χ4v) is 3.25. The summed E-state index contributed by atoms with van der Waals surface area (Å²) in [7, 11) is 0. The molecule has 0 N–H and O–H groups in total. The van der Waals surface area contributed by atoms with Gasteiger partial charge in [-0.1, -0.05) is 29.5 Å². The van der Waals surface area contributed by atoms with Crippen LogP contribution in [0.4, 0.5) is 0 Å². The number of carbonyl (C=O) groups is 1. The van der Waals surface area contributed by atoms with Crippen molar-refractivity contribution in [3.8, 4) is 11.5 Å². The fourth-order valence-electron chi connectivity index (χ4n) is 2.41. The van der Waals surface area contributed by atoms with Crippen LogP contribution in [0.25, 0.3) is 0 Å². The first kappa shape index (κ1) is 20.6. The lowest BCUT2D eigenvalue weighted by Gasteiger charge is -2.07. The Balaban J connectivity index is 1.55. The summed E-state index contributed by atoms with van der Waals surface area (Å²) in [4.78, 5) is 32.8. The van der Waals surface area contributed by atoms with Crippen LogP contribution in [0.2, 0.25) is 0 Å². The molecule has 29 heavy (non-hydrogen) atoms. The van der Waals surface area contributed by atoms with Crippen molar-refractivity contribution >= 4 is 17.7 Å². The third-order valence-corrected chi connectivity index (χ3v) is 4.63. The second kappa shape index (κ2) is 9.38. The largest absolute Gasteiger partial charge is 0.482 e. The second-order valence-corrected chi connectivity index (χ2v) is 7.32. The summed E-state index contributed by atoms with van der Waals surface area (Å²) in [5.41, 5.74) is 2.38. The van der Waals surface area contributed by atoms with Crippen molar-refractivity contribution in [2.75, 3.05) is 6.61 Å². The van der Waals surface area contributed by atoms with Gasteiger partial charge in [0.1, 0.15) is 17.8 Å². The zero-order valence-electron chi connectivity index (χ0n) is 16.3. The number of aromatic nitrogens is 2. The molecule has 2 heterocycles. The fraction of sp³-hybridized carbons (Fsp3) is 0.238. The van der Waals surface area contributed by atoms with E-state index in [0.717, 1.165) is 23.2 Å². The first-order chi connectivity index (χ1) is 13.9. The summed E-state index contributed by atoms with van der Waals surface area (Å²) in [6.45, 7) is 5.42. The molecule has 0 atom stereocenters. The number of ether oxygens (including phenoxy) is 2. The number of carbonyl (C=O) groups excluding carboxylic acids is 1. The van der Waals surface area contributed by atoms with Gasteiger partial charge in [-0.2, -0.15) is 0 Å². The van der Waals surface area contributed by atoms with Crippen LogP contribution in [0, 0.1) is 20.8 Å². The Labute approximate surface area is 172 Å². The van der Waals surface area contributed by atoms with E-state index in [4.69, 9.17) is 13.9 Å². The third-order valence-electron chi connectivity index (χ3n) is 3.76. The van der Waals surface area contributed by atoms with Crippen LogP contribution >= 0.6 is 11.8 Å². The van der Waals surface area contributed by atoms with Crippen LogP contribution in [0.15, 0.2) is 57.0 Å². The predicted octanol–water partition coefficient (Wildman–Crippen LogP) is 3.63. The molecule has 2 aromatic heterocycles. The molecule has 3 aromatic rings. The van der Waals surface area contributed by atoms with Gasteiger partial charge >= 0.3 is 5.97 Å². The van der Waals surface area contributed by atoms with Gasteiger partial charge in [0.25, 0.3) is 0 Å². The molecule has 0 aliphatic carbocycles. The van der Waals surface area contributed by atoms with E-state index in [1.54, 1.807) is 12.1 Å². The lowest BCUT2D eigenvalue weighted by Crippen LogP contribution is -2.20. The summed E-state index contributed by atoms with van der Waals surface area (Å²) in [6, 6.07) is 10.4. The summed E-state index contributed by atoms with van der Waals surface area (Å²) >= 11 is 1.35. The highest BCUT2D eigenvalue weighted by Crippen LogP contribution is 2.20. The number of esters is 1. The molecule has 150 valence electrons. The van der Waals surface area contributed by atoms with Crippen LogP contribution in [0.5, 0.6) is 11.5 Å². The van der Waals surface area contributed by atoms with Crippen LogP contribution in [-0.2, 0) is 10.5 Å². The van der Waals surface area contributed by atoms with Crippen molar-refractivity contribution in [1.82, 2.24) is 9.97 Å². The standard InChI is InChI=1S/C21H20N2O5S/c1-13-4-6-16(7-5-13)27-11-20(25)28-19-10-26-17(9-18(19)24)12-29-21-22-14(2)8-15(3)23-21/h4-10H,11-12H2,1-3H3. The van der Waals surface area contributed by atoms with Gasteiger partial charge in [-0.3, -0.25) is 4.79 Å². The molecular weight excluding hydrogens is 392 g/mol. The summed E-state index contributed by atoms with van der Waals surface area (Å²) in [5, 5.41) is 0.605. The Morgan fingerprint density at radius 3 is 2.41 bits per heavy atom. The molecule has 3 rings (SSSR count). The SMILES string of the molecule is Cc1ccc(OCC(=O)Oc2coc(CSc3nc(C)cc(C)n3)cc2=O)cc1. The van der Waals surface area contributed by atoms with E-state index in [2.05, 4.69) is 9.97 Å². The predicted molar refractivity (Wildman–Crippen MR) is 108 cm³/mol. The van der Waals surface area contributed by atoms with Gasteiger partial charge in [0.2, 0.25) is 11.2 Å². The first-order valence-corrected chi connectivity index (χ1v) is 9.84. The maximum atomic E-state index is 12.2. The van der Waals surface area contributed by atoms with Gasteiger partial charge in [0.05, 0.1) is 5.75 Å². The minimum Gasteiger partial charge on any atom is -0.482 e. The zero-order valence-corrected chi connectivity index (χ0v) is 17.1. The third kappa shape index (κ3) is 6.18.